The third-order valence-electron chi connectivity index (χ3n) is 4.80. The van der Waals surface area contributed by atoms with Crippen LogP contribution in [0.15, 0.2) is 0 Å². The molecular weight excluding hydrogens is 298 g/mol. The van der Waals surface area contributed by atoms with Crippen molar-refractivity contribution in [2.24, 2.45) is 0 Å². The van der Waals surface area contributed by atoms with Gasteiger partial charge >= 0.3 is 0 Å². The maximum atomic E-state index is 9.18. The largest absolute Gasteiger partial charge is 0.394 e. The van der Waals surface area contributed by atoms with Crippen LogP contribution in [0, 0.1) is 0 Å². The lowest BCUT2D eigenvalue weighted by Gasteiger charge is -2.08. The van der Waals surface area contributed by atoms with Crippen molar-refractivity contribution in [2.45, 2.75) is 116 Å². The summed E-state index contributed by atoms with van der Waals surface area (Å²) in [6.07, 6.45) is 21.7. The summed E-state index contributed by atoms with van der Waals surface area (Å²) in [7, 11) is 0. The van der Waals surface area contributed by atoms with Crippen molar-refractivity contribution in [3.63, 3.8) is 0 Å². The first kappa shape index (κ1) is 23.9. The van der Waals surface area contributed by atoms with Gasteiger partial charge < -0.3 is 15.5 Å². The summed E-state index contributed by atoms with van der Waals surface area (Å²) in [6.45, 7) is 3.60. The Labute approximate surface area is 151 Å². The summed E-state index contributed by atoms with van der Waals surface area (Å²) in [5.74, 6) is 0. The molecule has 0 aromatic carbocycles. The Morgan fingerprint density at radius 3 is 1.38 bits per heavy atom. The Morgan fingerprint density at radius 1 is 0.625 bits per heavy atom. The van der Waals surface area contributed by atoms with E-state index in [0.717, 1.165) is 6.54 Å². The van der Waals surface area contributed by atoms with Crippen molar-refractivity contribution in [2.75, 3.05) is 19.7 Å². The maximum absolute atomic E-state index is 9.18. The minimum atomic E-state index is -0.606. The fourth-order valence-electron chi connectivity index (χ4n) is 3.13. The molecule has 0 amide bonds. The molecule has 0 heterocycles. The van der Waals surface area contributed by atoms with Crippen molar-refractivity contribution in [3.8, 4) is 0 Å². The lowest BCUT2D eigenvalue weighted by molar-refractivity contribution is 0.0945. The van der Waals surface area contributed by atoms with E-state index in [1.54, 1.807) is 0 Å². The fourth-order valence-corrected chi connectivity index (χ4v) is 3.13. The summed E-state index contributed by atoms with van der Waals surface area (Å²) in [4.78, 5) is 0. The Morgan fingerprint density at radius 2 is 1.00 bits per heavy atom. The number of aliphatic hydroxyl groups excluding tert-OH is 2. The monoisotopic (exact) mass is 343 g/mol. The van der Waals surface area contributed by atoms with Crippen LogP contribution in [-0.4, -0.2) is 36.0 Å². The first-order valence-electron chi connectivity index (χ1n) is 10.8. The highest BCUT2D eigenvalue weighted by Crippen LogP contribution is 2.13. The second-order valence-electron chi connectivity index (χ2n) is 7.34. The van der Waals surface area contributed by atoms with Crippen molar-refractivity contribution >= 4 is 0 Å². The molecule has 0 radical (unpaired) electrons. The van der Waals surface area contributed by atoms with Gasteiger partial charge in [-0.15, -0.1) is 0 Å². The predicted octanol–water partition coefficient (Wildman–Crippen LogP) is 5.19. The van der Waals surface area contributed by atoms with Crippen molar-refractivity contribution < 1.29 is 10.2 Å². The fraction of sp³-hybridized carbons (Fsp3) is 1.00. The van der Waals surface area contributed by atoms with Crippen molar-refractivity contribution in [3.05, 3.63) is 0 Å². The summed E-state index contributed by atoms with van der Waals surface area (Å²) in [5, 5.41) is 21.0. The molecule has 0 aliphatic heterocycles. The standard InChI is InChI=1S/C21H45NO2/c1-2-3-4-5-6-7-8-9-10-11-12-13-14-15-16-17-18-22-19-21(24)20-23/h21-24H,2-20H2,1H3/t21-/m0/s1. The van der Waals surface area contributed by atoms with Crippen LogP contribution in [0.4, 0.5) is 0 Å². The van der Waals surface area contributed by atoms with Crippen molar-refractivity contribution in [1.82, 2.24) is 5.32 Å². The summed E-state index contributed by atoms with van der Waals surface area (Å²) < 4.78 is 0. The highest BCUT2D eigenvalue weighted by molar-refractivity contribution is 4.57. The molecule has 1 atom stereocenters. The van der Waals surface area contributed by atoms with Gasteiger partial charge in [0.05, 0.1) is 12.7 Å². The normalized spacial score (nSPS) is 12.6. The van der Waals surface area contributed by atoms with Crippen LogP contribution >= 0.6 is 0 Å². The molecular formula is C21H45NO2. The predicted molar refractivity (Wildman–Crippen MR) is 106 cm³/mol. The molecule has 3 heteroatoms. The van der Waals surface area contributed by atoms with Crippen LogP contribution in [0.1, 0.15) is 110 Å². The van der Waals surface area contributed by atoms with E-state index in [2.05, 4.69) is 12.2 Å². The third-order valence-corrected chi connectivity index (χ3v) is 4.80. The Kier molecular flexibility index (Phi) is 20.8. The van der Waals surface area contributed by atoms with Gasteiger partial charge in [0, 0.05) is 6.54 Å². The molecule has 0 fully saturated rings. The lowest BCUT2D eigenvalue weighted by Crippen LogP contribution is -2.29. The Balaban J connectivity index is 2.98. The van der Waals surface area contributed by atoms with Crippen LogP contribution in [0.2, 0.25) is 0 Å². The second kappa shape index (κ2) is 20.9. The molecule has 0 aromatic heterocycles. The van der Waals surface area contributed by atoms with Crippen LogP contribution in [0.25, 0.3) is 0 Å². The average molecular weight is 344 g/mol. The van der Waals surface area contributed by atoms with Gasteiger partial charge in [0.2, 0.25) is 0 Å². The van der Waals surface area contributed by atoms with Gasteiger partial charge in [-0.1, -0.05) is 103 Å². The molecule has 24 heavy (non-hydrogen) atoms. The zero-order chi connectivity index (χ0) is 17.7. The van der Waals surface area contributed by atoms with E-state index in [0.29, 0.717) is 6.54 Å². The van der Waals surface area contributed by atoms with E-state index in [9.17, 15) is 5.11 Å². The molecule has 0 unspecified atom stereocenters. The highest BCUT2D eigenvalue weighted by atomic mass is 16.3. The molecule has 0 aliphatic rings. The van der Waals surface area contributed by atoms with Crippen molar-refractivity contribution in [1.29, 1.82) is 0 Å². The minimum Gasteiger partial charge on any atom is -0.394 e. The van der Waals surface area contributed by atoms with Gasteiger partial charge in [0.1, 0.15) is 0 Å². The van der Waals surface area contributed by atoms with E-state index in [-0.39, 0.29) is 6.61 Å². The summed E-state index contributed by atoms with van der Waals surface area (Å²) in [6, 6.07) is 0. The number of rotatable bonds is 20. The zero-order valence-electron chi connectivity index (χ0n) is 16.4. The number of hydrogen-bond acceptors (Lipinski definition) is 3. The van der Waals surface area contributed by atoms with Gasteiger partial charge in [0.25, 0.3) is 0 Å². The van der Waals surface area contributed by atoms with Gasteiger partial charge in [-0.2, -0.15) is 0 Å². The molecule has 0 bridgehead atoms. The number of unbranched alkanes of at least 4 members (excludes halogenated alkanes) is 15. The minimum absolute atomic E-state index is 0.147. The molecule has 0 saturated carbocycles. The topological polar surface area (TPSA) is 52.5 Å². The summed E-state index contributed by atoms with van der Waals surface area (Å²) in [5.41, 5.74) is 0. The molecule has 0 rings (SSSR count). The van der Waals surface area contributed by atoms with Crippen LogP contribution < -0.4 is 5.32 Å². The molecule has 0 aromatic rings. The van der Waals surface area contributed by atoms with Gasteiger partial charge in [-0.05, 0) is 13.0 Å². The van der Waals surface area contributed by atoms with E-state index >= 15 is 0 Å². The number of hydrogen-bond donors (Lipinski definition) is 3. The van der Waals surface area contributed by atoms with E-state index in [1.807, 2.05) is 0 Å². The molecule has 146 valence electrons. The maximum Gasteiger partial charge on any atom is 0.0894 e. The molecule has 0 aliphatic carbocycles. The smallest absolute Gasteiger partial charge is 0.0894 e. The van der Waals surface area contributed by atoms with E-state index in [4.69, 9.17) is 5.11 Å². The van der Waals surface area contributed by atoms with Gasteiger partial charge in [0.15, 0.2) is 0 Å². The number of aliphatic hydroxyl groups is 2. The quantitative estimate of drug-likeness (QED) is 0.267. The van der Waals surface area contributed by atoms with Crippen LogP contribution in [0.5, 0.6) is 0 Å². The first-order chi connectivity index (χ1) is 11.8. The van der Waals surface area contributed by atoms with E-state index < -0.39 is 6.10 Å². The molecule has 3 nitrogen and oxygen atoms in total. The molecule has 3 N–H and O–H groups in total. The van der Waals surface area contributed by atoms with Crippen LogP contribution in [-0.2, 0) is 0 Å². The first-order valence-corrected chi connectivity index (χ1v) is 10.8. The Bertz CT molecular complexity index is 224. The Hall–Kier alpha value is -0.120. The molecule has 0 spiro atoms. The molecule has 0 saturated heterocycles. The lowest BCUT2D eigenvalue weighted by atomic mass is 10.0. The van der Waals surface area contributed by atoms with Gasteiger partial charge in [-0.3, -0.25) is 0 Å². The SMILES string of the molecule is CCCCCCCCCCCCCCCCCCNC[C@H](O)CO. The van der Waals surface area contributed by atoms with Crippen LogP contribution in [0.3, 0.4) is 0 Å². The number of nitrogens with one attached hydrogen (secondary N) is 1. The second-order valence-corrected chi connectivity index (χ2v) is 7.34. The highest BCUT2D eigenvalue weighted by Gasteiger charge is 1.99. The average Bonchev–Trinajstić information content (AvgIpc) is 2.60. The van der Waals surface area contributed by atoms with E-state index in [1.165, 1.54) is 103 Å². The zero-order valence-corrected chi connectivity index (χ0v) is 16.4. The van der Waals surface area contributed by atoms with Gasteiger partial charge in [-0.25, -0.2) is 0 Å². The summed E-state index contributed by atoms with van der Waals surface area (Å²) >= 11 is 0. The third kappa shape index (κ3) is 19.9.